The minimum absolute atomic E-state index is 0. The highest BCUT2D eigenvalue weighted by atomic mass is 35.5. The van der Waals surface area contributed by atoms with E-state index < -0.39 is 0 Å². The molecule has 0 bridgehead atoms. The summed E-state index contributed by atoms with van der Waals surface area (Å²) in [5, 5.41) is 0. The zero-order valence-corrected chi connectivity index (χ0v) is 13.9. The highest BCUT2D eigenvalue weighted by molar-refractivity contribution is 5.94. The smallest absolute Gasteiger partial charge is 0.229 e. The van der Waals surface area contributed by atoms with Crippen LogP contribution < -0.4 is 10.6 Å². The average Bonchev–Trinajstić information content (AvgIpc) is 2.90. The van der Waals surface area contributed by atoms with Gasteiger partial charge in [-0.25, -0.2) is 0 Å². The van der Waals surface area contributed by atoms with Gasteiger partial charge >= 0.3 is 0 Å². The Hall–Kier alpha value is -1.06. The van der Waals surface area contributed by atoms with E-state index in [4.69, 9.17) is 5.73 Å². The summed E-state index contributed by atoms with van der Waals surface area (Å²) in [5.74, 6) is 0.314. The second-order valence-electron chi connectivity index (χ2n) is 5.94. The van der Waals surface area contributed by atoms with Crippen molar-refractivity contribution >= 4 is 24.0 Å². The number of nitrogens with two attached hydrogens (primary N) is 1. The predicted molar refractivity (Wildman–Crippen MR) is 91.0 cm³/mol. The van der Waals surface area contributed by atoms with Crippen LogP contribution in [0.15, 0.2) is 24.3 Å². The van der Waals surface area contributed by atoms with Crippen LogP contribution in [0.3, 0.4) is 0 Å². The van der Waals surface area contributed by atoms with Gasteiger partial charge in [-0.05, 0) is 49.8 Å². The first-order chi connectivity index (χ1) is 9.61. The molecule has 0 radical (unpaired) electrons. The second-order valence-corrected chi connectivity index (χ2v) is 5.94. The van der Waals surface area contributed by atoms with Crippen LogP contribution in [-0.4, -0.2) is 19.0 Å². The molecular formula is C17H27ClN2O. The fraction of sp³-hybridized carbons (Fsp3) is 0.588. The third-order valence-electron chi connectivity index (χ3n) is 4.30. The van der Waals surface area contributed by atoms with Gasteiger partial charge in [-0.2, -0.15) is 0 Å². The van der Waals surface area contributed by atoms with Gasteiger partial charge in [0.1, 0.15) is 0 Å². The number of carbonyl (C=O) groups is 1. The number of anilines is 1. The Kier molecular flexibility index (Phi) is 7.20. The van der Waals surface area contributed by atoms with Gasteiger partial charge in [0.05, 0.1) is 0 Å². The van der Waals surface area contributed by atoms with Crippen LogP contribution >= 0.6 is 12.4 Å². The number of nitrogens with zero attached hydrogens (tertiary/aromatic N) is 1. The van der Waals surface area contributed by atoms with E-state index in [1.165, 1.54) is 18.4 Å². The largest absolute Gasteiger partial charge is 0.328 e. The number of aryl methyl sites for hydroxylation is 1. The van der Waals surface area contributed by atoms with Gasteiger partial charge in [-0.15, -0.1) is 12.4 Å². The van der Waals surface area contributed by atoms with Crippen molar-refractivity contribution < 1.29 is 4.79 Å². The van der Waals surface area contributed by atoms with E-state index >= 15 is 0 Å². The third kappa shape index (κ3) is 4.72. The molecule has 0 spiro atoms. The number of benzene rings is 1. The minimum Gasteiger partial charge on any atom is -0.328 e. The van der Waals surface area contributed by atoms with Crippen molar-refractivity contribution in [1.29, 1.82) is 0 Å². The molecule has 3 nitrogen and oxygen atoms in total. The van der Waals surface area contributed by atoms with Crippen LogP contribution in [0.25, 0.3) is 0 Å². The summed E-state index contributed by atoms with van der Waals surface area (Å²) >= 11 is 0. The molecule has 4 heteroatoms. The Morgan fingerprint density at radius 2 is 1.95 bits per heavy atom. The van der Waals surface area contributed by atoms with Gasteiger partial charge in [0.15, 0.2) is 0 Å². The normalized spacial score (nSPS) is 20.9. The maximum Gasteiger partial charge on any atom is 0.229 e. The lowest BCUT2D eigenvalue weighted by Gasteiger charge is -2.21. The van der Waals surface area contributed by atoms with E-state index in [0.29, 0.717) is 0 Å². The fourth-order valence-corrected chi connectivity index (χ4v) is 2.91. The van der Waals surface area contributed by atoms with E-state index in [1.807, 2.05) is 7.05 Å². The number of hydrogen-bond acceptors (Lipinski definition) is 2. The van der Waals surface area contributed by atoms with Crippen LogP contribution in [0, 0.1) is 5.92 Å². The van der Waals surface area contributed by atoms with Crippen molar-refractivity contribution in [1.82, 2.24) is 0 Å². The van der Waals surface area contributed by atoms with Crippen molar-refractivity contribution in [2.75, 3.05) is 11.9 Å². The molecule has 1 aromatic carbocycles. The molecule has 2 rings (SSSR count). The van der Waals surface area contributed by atoms with Crippen LogP contribution in [0.4, 0.5) is 5.69 Å². The van der Waals surface area contributed by atoms with Crippen LogP contribution in [0.1, 0.15) is 44.6 Å². The monoisotopic (exact) mass is 310 g/mol. The summed E-state index contributed by atoms with van der Waals surface area (Å²) in [5.41, 5.74) is 8.23. The van der Waals surface area contributed by atoms with Crippen LogP contribution in [-0.2, 0) is 11.2 Å². The molecule has 2 N–H and O–H groups in total. The van der Waals surface area contributed by atoms with E-state index in [9.17, 15) is 4.79 Å². The first-order valence-electron chi connectivity index (χ1n) is 7.74. The molecule has 1 aromatic rings. The van der Waals surface area contributed by atoms with E-state index in [-0.39, 0.29) is 30.3 Å². The number of hydrogen-bond donors (Lipinski definition) is 1. The summed E-state index contributed by atoms with van der Waals surface area (Å²) in [6.07, 6.45) is 6.28. The number of carbonyl (C=O) groups excluding carboxylic acids is 1. The topological polar surface area (TPSA) is 46.3 Å². The Morgan fingerprint density at radius 1 is 1.29 bits per heavy atom. The minimum atomic E-state index is 0. The summed E-state index contributed by atoms with van der Waals surface area (Å²) in [6, 6.07) is 8.58. The number of amides is 1. The molecule has 1 fully saturated rings. The quantitative estimate of drug-likeness (QED) is 0.904. The Balaban J connectivity index is 0.00000220. The molecule has 1 amide bonds. The van der Waals surface area contributed by atoms with Crippen LogP contribution in [0.2, 0.25) is 0 Å². The number of rotatable bonds is 5. The SMILES string of the molecule is CCCCc1ccc(N(C)C(=O)C2CCC(N)C2)cc1.Cl. The highest BCUT2D eigenvalue weighted by Crippen LogP contribution is 2.27. The average molecular weight is 311 g/mol. The van der Waals surface area contributed by atoms with Gasteiger partial charge in [0.25, 0.3) is 0 Å². The molecule has 118 valence electrons. The maximum atomic E-state index is 12.4. The van der Waals surface area contributed by atoms with Gasteiger partial charge in [0.2, 0.25) is 5.91 Å². The fourth-order valence-electron chi connectivity index (χ4n) is 2.91. The van der Waals surface area contributed by atoms with Gasteiger partial charge in [0, 0.05) is 24.7 Å². The van der Waals surface area contributed by atoms with Gasteiger partial charge in [-0.3, -0.25) is 4.79 Å². The summed E-state index contributed by atoms with van der Waals surface area (Å²) in [7, 11) is 1.87. The van der Waals surface area contributed by atoms with E-state index in [1.54, 1.807) is 4.90 Å². The van der Waals surface area contributed by atoms with Crippen molar-refractivity contribution in [3.05, 3.63) is 29.8 Å². The Bertz CT molecular complexity index is 447. The van der Waals surface area contributed by atoms with E-state index in [0.717, 1.165) is 31.4 Å². The van der Waals surface area contributed by atoms with Crippen LogP contribution in [0.5, 0.6) is 0 Å². The molecule has 1 saturated carbocycles. The Labute approximate surface area is 134 Å². The molecule has 21 heavy (non-hydrogen) atoms. The standard InChI is InChI=1S/C17H26N2O.ClH/c1-3-4-5-13-6-10-16(11-7-13)19(2)17(20)14-8-9-15(18)12-14;/h6-7,10-11,14-15H,3-5,8-9,12,18H2,1-2H3;1H. The molecule has 1 aliphatic carbocycles. The zero-order valence-electron chi connectivity index (χ0n) is 13.0. The van der Waals surface area contributed by atoms with E-state index in [2.05, 4.69) is 31.2 Å². The van der Waals surface area contributed by atoms with Crippen molar-refractivity contribution in [3.63, 3.8) is 0 Å². The first-order valence-corrected chi connectivity index (χ1v) is 7.74. The summed E-state index contributed by atoms with van der Waals surface area (Å²) in [4.78, 5) is 14.2. The molecule has 0 saturated heterocycles. The summed E-state index contributed by atoms with van der Waals surface area (Å²) in [6.45, 7) is 2.20. The Morgan fingerprint density at radius 3 is 2.48 bits per heavy atom. The predicted octanol–water partition coefficient (Wildman–Crippen LogP) is 3.54. The highest BCUT2D eigenvalue weighted by Gasteiger charge is 2.30. The second kappa shape index (κ2) is 8.40. The summed E-state index contributed by atoms with van der Waals surface area (Å²) < 4.78 is 0. The molecule has 0 heterocycles. The lowest BCUT2D eigenvalue weighted by molar-refractivity contribution is -0.121. The van der Waals surface area contributed by atoms with Crippen molar-refractivity contribution in [3.8, 4) is 0 Å². The lowest BCUT2D eigenvalue weighted by Crippen LogP contribution is -2.32. The van der Waals surface area contributed by atoms with Crippen molar-refractivity contribution in [2.45, 2.75) is 51.5 Å². The lowest BCUT2D eigenvalue weighted by atomic mass is 10.1. The molecular weight excluding hydrogens is 284 g/mol. The van der Waals surface area contributed by atoms with Gasteiger partial charge in [-0.1, -0.05) is 25.5 Å². The molecule has 1 aliphatic rings. The molecule has 0 aliphatic heterocycles. The maximum absolute atomic E-state index is 12.4. The third-order valence-corrected chi connectivity index (χ3v) is 4.30. The molecule has 2 unspecified atom stereocenters. The first kappa shape index (κ1) is 18.0. The number of unbranched alkanes of at least 4 members (excludes halogenated alkanes) is 1. The molecule has 0 aromatic heterocycles. The zero-order chi connectivity index (χ0) is 14.5. The van der Waals surface area contributed by atoms with Crippen molar-refractivity contribution in [2.24, 2.45) is 11.7 Å². The van der Waals surface area contributed by atoms with Gasteiger partial charge < -0.3 is 10.6 Å². The number of halogens is 1. The molecule has 2 atom stereocenters.